The van der Waals surface area contributed by atoms with Gasteiger partial charge >= 0.3 is 0 Å². The van der Waals surface area contributed by atoms with Gasteiger partial charge in [-0.2, -0.15) is 0 Å². The van der Waals surface area contributed by atoms with Gasteiger partial charge in [-0.1, -0.05) is 40.0 Å². The van der Waals surface area contributed by atoms with Crippen LogP contribution < -0.4 is 5.73 Å². The first-order chi connectivity index (χ1) is 12.8. The lowest BCUT2D eigenvalue weighted by molar-refractivity contribution is 0.0956. The quantitative estimate of drug-likeness (QED) is 0.685. The first-order valence-corrected chi connectivity index (χ1v) is 9.96. The molecule has 0 radical (unpaired) electrons. The van der Waals surface area contributed by atoms with Crippen LogP contribution in [0, 0.1) is 11.8 Å². The molecule has 0 aliphatic heterocycles. The lowest BCUT2D eigenvalue weighted by Gasteiger charge is -2.36. The molecule has 148 valence electrons. The summed E-state index contributed by atoms with van der Waals surface area (Å²) < 4.78 is 5.74. The highest BCUT2D eigenvalue weighted by Gasteiger charge is 2.31. The standard InChI is InChI=1S/C21H31N3O3/c1-21(2,3)19-10-16-20(27-19)23-11-17(24-16)18(26)9-5-8-14(15(22)12-25)13-6-4-7-13/h10-11,13-15,25H,4-9,12,22H2,1-3H3/t14-,15-/m0/s1. The van der Waals surface area contributed by atoms with Crippen LogP contribution >= 0.6 is 0 Å². The Labute approximate surface area is 160 Å². The molecule has 6 nitrogen and oxygen atoms in total. The minimum Gasteiger partial charge on any atom is -0.441 e. The minimum atomic E-state index is -0.191. The van der Waals surface area contributed by atoms with Crippen LogP contribution in [0.4, 0.5) is 0 Å². The summed E-state index contributed by atoms with van der Waals surface area (Å²) >= 11 is 0. The van der Waals surface area contributed by atoms with Crippen LogP contribution in [0.2, 0.25) is 0 Å². The number of aromatic nitrogens is 2. The van der Waals surface area contributed by atoms with Gasteiger partial charge in [0.15, 0.2) is 5.78 Å². The highest BCUT2D eigenvalue weighted by molar-refractivity contribution is 5.95. The molecule has 1 aliphatic carbocycles. The van der Waals surface area contributed by atoms with Crippen LogP contribution in [0.5, 0.6) is 0 Å². The van der Waals surface area contributed by atoms with Gasteiger partial charge in [-0.25, -0.2) is 9.97 Å². The third-order valence-corrected chi connectivity index (χ3v) is 5.72. The van der Waals surface area contributed by atoms with E-state index in [0.29, 0.717) is 35.2 Å². The highest BCUT2D eigenvalue weighted by atomic mass is 16.3. The molecule has 2 aromatic heterocycles. The van der Waals surface area contributed by atoms with E-state index in [1.165, 1.54) is 25.5 Å². The van der Waals surface area contributed by atoms with E-state index in [9.17, 15) is 9.90 Å². The molecule has 6 heteroatoms. The van der Waals surface area contributed by atoms with Crippen LogP contribution in [0.25, 0.3) is 11.2 Å². The van der Waals surface area contributed by atoms with E-state index in [4.69, 9.17) is 10.2 Å². The number of nitrogens with zero attached hydrogens (tertiary/aromatic N) is 2. The van der Waals surface area contributed by atoms with E-state index < -0.39 is 0 Å². The predicted molar refractivity (Wildman–Crippen MR) is 105 cm³/mol. The topological polar surface area (TPSA) is 102 Å². The fourth-order valence-electron chi connectivity index (χ4n) is 3.76. The Morgan fingerprint density at radius 3 is 2.74 bits per heavy atom. The average molecular weight is 373 g/mol. The zero-order valence-corrected chi connectivity index (χ0v) is 16.6. The molecule has 2 aromatic rings. The van der Waals surface area contributed by atoms with Crippen molar-refractivity contribution in [3.05, 3.63) is 23.7 Å². The molecule has 0 unspecified atom stereocenters. The average Bonchev–Trinajstić information content (AvgIpc) is 3.02. The lowest BCUT2D eigenvalue weighted by atomic mass is 9.71. The number of hydrogen-bond donors (Lipinski definition) is 2. The summed E-state index contributed by atoms with van der Waals surface area (Å²) in [6, 6.07) is 1.68. The zero-order chi connectivity index (χ0) is 19.6. The number of aliphatic hydroxyl groups is 1. The number of aliphatic hydroxyl groups excluding tert-OH is 1. The summed E-state index contributed by atoms with van der Waals surface area (Å²) in [6.45, 7) is 6.19. The van der Waals surface area contributed by atoms with E-state index >= 15 is 0 Å². The van der Waals surface area contributed by atoms with Crippen LogP contribution in [0.3, 0.4) is 0 Å². The van der Waals surface area contributed by atoms with Crippen molar-refractivity contribution < 1.29 is 14.3 Å². The summed E-state index contributed by atoms with van der Waals surface area (Å²) in [5.74, 6) is 1.70. The SMILES string of the molecule is CC(C)(C)c1cc2nc(C(=O)CCC[C@@H](C3CCC3)[C@@H](N)CO)cnc2o1. The third kappa shape index (κ3) is 4.55. The summed E-state index contributed by atoms with van der Waals surface area (Å²) in [6.07, 6.45) is 7.17. The molecule has 27 heavy (non-hydrogen) atoms. The largest absolute Gasteiger partial charge is 0.441 e. The van der Waals surface area contributed by atoms with Gasteiger partial charge < -0.3 is 15.3 Å². The van der Waals surface area contributed by atoms with E-state index in [1.807, 2.05) is 6.07 Å². The molecule has 0 aromatic carbocycles. The number of hydrogen-bond acceptors (Lipinski definition) is 6. The molecule has 1 aliphatic rings. The second kappa shape index (κ2) is 8.07. The van der Waals surface area contributed by atoms with Gasteiger partial charge in [0.25, 0.3) is 0 Å². The number of Topliss-reactive ketones (excluding diaryl/α,β-unsaturated/α-hetero) is 1. The number of ketones is 1. The molecular formula is C21H31N3O3. The Hall–Kier alpha value is -1.79. The number of carbonyl (C=O) groups excluding carboxylic acids is 1. The van der Waals surface area contributed by atoms with E-state index in [0.717, 1.165) is 18.6 Å². The molecular weight excluding hydrogens is 342 g/mol. The number of furan rings is 1. The van der Waals surface area contributed by atoms with Gasteiger partial charge in [-0.05, 0) is 24.7 Å². The van der Waals surface area contributed by atoms with Crippen molar-refractivity contribution >= 4 is 17.0 Å². The number of nitrogens with two attached hydrogens (primary N) is 1. The van der Waals surface area contributed by atoms with Crippen LogP contribution in [-0.2, 0) is 5.41 Å². The van der Waals surface area contributed by atoms with Crippen molar-refractivity contribution in [1.29, 1.82) is 0 Å². The Morgan fingerprint density at radius 2 is 2.15 bits per heavy atom. The maximum absolute atomic E-state index is 12.6. The maximum atomic E-state index is 12.6. The lowest BCUT2D eigenvalue weighted by Crippen LogP contribution is -2.40. The van der Waals surface area contributed by atoms with Crippen LogP contribution in [0.15, 0.2) is 16.7 Å². The first-order valence-electron chi connectivity index (χ1n) is 9.96. The normalized spacial score (nSPS) is 17.7. The monoisotopic (exact) mass is 373 g/mol. The fraction of sp³-hybridized carbons (Fsp3) is 0.667. The molecule has 0 bridgehead atoms. The number of fused-ring (bicyclic) bond motifs is 1. The van der Waals surface area contributed by atoms with Crippen LogP contribution in [0.1, 0.15) is 75.5 Å². The smallest absolute Gasteiger partial charge is 0.245 e. The molecule has 0 amide bonds. The molecule has 3 N–H and O–H groups in total. The van der Waals surface area contributed by atoms with Gasteiger partial charge in [-0.15, -0.1) is 0 Å². The van der Waals surface area contributed by atoms with Crippen LogP contribution in [-0.4, -0.2) is 33.5 Å². The minimum absolute atomic E-state index is 0.00663. The van der Waals surface area contributed by atoms with E-state index in [2.05, 4.69) is 30.7 Å². The second-order valence-electron chi connectivity index (χ2n) is 8.82. The Bertz CT molecular complexity index is 785. The molecule has 3 rings (SSSR count). The molecule has 2 atom stereocenters. The second-order valence-corrected chi connectivity index (χ2v) is 8.82. The van der Waals surface area contributed by atoms with Crippen molar-refractivity contribution in [2.75, 3.05) is 6.61 Å². The van der Waals surface area contributed by atoms with Crippen molar-refractivity contribution in [3.63, 3.8) is 0 Å². The van der Waals surface area contributed by atoms with Gasteiger partial charge in [0.2, 0.25) is 5.71 Å². The maximum Gasteiger partial charge on any atom is 0.245 e. The molecule has 0 saturated heterocycles. The van der Waals surface area contributed by atoms with Crippen molar-refractivity contribution in [2.24, 2.45) is 17.6 Å². The summed E-state index contributed by atoms with van der Waals surface area (Å²) in [4.78, 5) is 21.3. The Balaban J connectivity index is 1.62. The number of carbonyl (C=O) groups is 1. The van der Waals surface area contributed by atoms with Gasteiger partial charge in [0, 0.05) is 23.9 Å². The van der Waals surface area contributed by atoms with Crippen molar-refractivity contribution in [2.45, 2.75) is 70.8 Å². The molecule has 1 saturated carbocycles. The number of rotatable bonds is 8. The van der Waals surface area contributed by atoms with Gasteiger partial charge in [0.05, 0.1) is 12.8 Å². The fourth-order valence-corrected chi connectivity index (χ4v) is 3.76. The molecule has 1 fully saturated rings. The Morgan fingerprint density at radius 1 is 1.41 bits per heavy atom. The predicted octanol–water partition coefficient (Wildman–Crippen LogP) is 3.61. The first kappa shape index (κ1) is 20.0. The summed E-state index contributed by atoms with van der Waals surface area (Å²) in [7, 11) is 0. The summed E-state index contributed by atoms with van der Waals surface area (Å²) in [5.41, 5.74) is 7.44. The summed E-state index contributed by atoms with van der Waals surface area (Å²) in [5, 5.41) is 9.40. The van der Waals surface area contributed by atoms with E-state index in [-0.39, 0.29) is 23.8 Å². The Kier molecular flexibility index (Phi) is 5.96. The zero-order valence-electron chi connectivity index (χ0n) is 16.6. The molecule has 2 heterocycles. The van der Waals surface area contributed by atoms with Gasteiger partial charge in [0.1, 0.15) is 17.0 Å². The van der Waals surface area contributed by atoms with Gasteiger partial charge in [-0.3, -0.25) is 4.79 Å². The van der Waals surface area contributed by atoms with E-state index in [1.54, 1.807) is 0 Å². The van der Waals surface area contributed by atoms with Crippen molar-refractivity contribution in [1.82, 2.24) is 9.97 Å². The molecule has 0 spiro atoms. The highest BCUT2D eigenvalue weighted by Crippen LogP contribution is 2.37. The third-order valence-electron chi connectivity index (χ3n) is 5.72. The van der Waals surface area contributed by atoms with Crippen molar-refractivity contribution in [3.8, 4) is 0 Å².